The van der Waals surface area contributed by atoms with Crippen LogP contribution in [0.25, 0.3) is 0 Å². The average Bonchev–Trinajstić information content (AvgIpc) is 3.49. The third kappa shape index (κ3) is 2.94. The molecule has 2 fully saturated rings. The van der Waals surface area contributed by atoms with Gasteiger partial charge in [0, 0.05) is 19.2 Å². The van der Waals surface area contributed by atoms with Gasteiger partial charge in [0.15, 0.2) is 0 Å². The smallest absolute Gasteiger partial charge is 0.233 e. The summed E-state index contributed by atoms with van der Waals surface area (Å²) in [6.45, 7) is 1.42. The minimum atomic E-state index is -0.701. The topological polar surface area (TPSA) is 54.5 Å². The summed E-state index contributed by atoms with van der Waals surface area (Å²) in [5, 5.41) is 3.01. The summed E-state index contributed by atoms with van der Waals surface area (Å²) >= 11 is 0. The summed E-state index contributed by atoms with van der Waals surface area (Å²) in [6, 6.07) is 12.3. The van der Waals surface area contributed by atoms with Crippen molar-refractivity contribution in [2.45, 2.75) is 24.4 Å². The summed E-state index contributed by atoms with van der Waals surface area (Å²) in [5.74, 6) is 0.465. The monoisotopic (exact) mass is 355 g/mol. The Balaban J connectivity index is 1.54. The molecule has 5 nitrogen and oxygen atoms in total. The van der Waals surface area contributed by atoms with E-state index in [1.807, 2.05) is 25.2 Å². The number of nitrogens with one attached hydrogen (secondary N) is 1. The van der Waals surface area contributed by atoms with Crippen LogP contribution in [0.1, 0.15) is 30.2 Å². The molecule has 26 heavy (non-hydrogen) atoms. The number of morpholine rings is 1. The van der Waals surface area contributed by atoms with E-state index in [9.17, 15) is 9.18 Å². The van der Waals surface area contributed by atoms with Crippen molar-refractivity contribution in [1.29, 1.82) is 0 Å². The summed E-state index contributed by atoms with van der Waals surface area (Å²) in [5.41, 5.74) is 0.612. The number of nitrogens with zero attached hydrogens (tertiary/aromatic N) is 2. The van der Waals surface area contributed by atoms with Gasteiger partial charge >= 0.3 is 0 Å². The predicted molar refractivity (Wildman–Crippen MR) is 96.4 cm³/mol. The molecule has 1 saturated heterocycles. The lowest BCUT2D eigenvalue weighted by Crippen LogP contribution is -2.47. The zero-order chi connectivity index (χ0) is 18.1. The van der Waals surface area contributed by atoms with E-state index in [4.69, 9.17) is 4.74 Å². The van der Waals surface area contributed by atoms with E-state index in [-0.39, 0.29) is 17.8 Å². The quantitative estimate of drug-likeness (QED) is 0.916. The predicted octanol–water partition coefficient (Wildman–Crippen LogP) is 2.89. The van der Waals surface area contributed by atoms with Crippen molar-refractivity contribution in [2.24, 2.45) is 0 Å². The summed E-state index contributed by atoms with van der Waals surface area (Å²) in [4.78, 5) is 19.5. The van der Waals surface area contributed by atoms with Gasteiger partial charge in [-0.1, -0.05) is 24.3 Å². The Morgan fingerprint density at radius 2 is 2.08 bits per heavy atom. The van der Waals surface area contributed by atoms with Crippen LogP contribution in [-0.2, 0) is 14.9 Å². The van der Waals surface area contributed by atoms with Crippen molar-refractivity contribution in [3.63, 3.8) is 0 Å². The molecule has 1 N–H and O–H groups in total. The van der Waals surface area contributed by atoms with E-state index < -0.39 is 5.41 Å². The van der Waals surface area contributed by atoms with Crippen LogP contribution < -0.4 is 5.32 Å². The Kier molecular flexibility index (Phi) is 4.36. The Bertz CT molecular complexity index is 822. The van der Waals surface area contributed by atoms with Crippen LogP contribution >= 0.6 is 0 Å². The first-order chi connectivity index (χ1) is 12.6. The van der Waals surface area contributed by atoms with E-state index in [0.717, 1.165) is 11.5 Å². The number of ether oxygens (including phenoxy) is 1. The molecule has 1 unspecified atom stereocenters. The SMILES string of the molecule is CNc1cccc(C2CN(C(=O)C3(c4ccccc4F)CC3)CCO2)n1. The number of anilines is 1. The minimum absolute atomic E-state index is 0.000621. The van der Waals surface area contributed by atoms with Crippen LogP contribution in [0.15, 0.2) is 42.5 Å². The van der Waals surface area contributed by atoms with E-state index in [1.165, 1.54) is 6.07 Å². The second-order valence-corrected chi connectivity index (χ2v) is 6.87. The van der Waals surface area contributed by atoms with Gasteiger partial charge in [-0.3, -0.25) is 4.79 Å². The normalized spacial score (nSPS) is 21.3. The summed E-state index contributed by atoms with van der Waals surface area (Å²) in [7, 11) is 1.81. The molecule has 2 heterocycles. The average molecular weight is 355 g/mol. The number of carbonyl (C=O) groups excluding carboxylic acids is 1. The van der Waals surface area contributed by atoms with Gasteiger partial charge < -0.3 is 15.0 Å². The van der Waals surface area contributed by atoms with Crippen LogP contribution in [0.5, 0.6) is 0 Å². The number of rotatable bonds is 4. The Labute approximate surface area is 152 Å². The molecule has 1 atom stereocenters. The van der Waals surface area contributed by atoms with Crippen molar-refractivity contribution < 1.29 is 13.9 Å². The van der Waals surface area contributed by atoms with Gasteiger partial charge in [-0.05, 0) is 31.0 Å². The van der Waals surface area contributed by atoms with Crippen LogP contribution in [-0.4, -0.2) is 42.5 Å². The number of carbonyl (C=O) groups is 1. The molecule has 2 aromatic rings. The highest BCUT2D eigenvalue weighted by molar-refractivity contribution is 5.91. The van der Waals surface area contributed by atoms with E-state index in [1.54, 1.807) is 23.1 Å². The van der Waals surface area contributed by atoms with Gasteiger partial charge in [-0.15, -0.1) is 0 Å². The van der Waals surface area contributed by atoms with Gasteiger partial charge in [-0.2, -0.15) is 0 Å². The zero-order valence-corrected chi connectivity index (χ0v) is 14.7. The van der Waals surface area contributed by atoms with Gasteiger partial charge in [0.25, 0.3) is 0 Å². The first-order valence-electron chi connectivity index (χ1n) is 8.95. The van der Waals surface area contributed by atoms with Gasteiger partial charge in [0.1, 0.15) is 17.7 Å². The van der Waals surface area contributed by atoms with Crippen LogP contribution in [0, 0.1) is 5.82 Å². The van der Waals surface area contributed by atoms with Crippen molar-refractivity contribution >= 4 is 11.7 Å². The largest absolute Gasteiger partial charge is 0.373 e. The van der Waals surface area contributed by atoms with Crippen LogP contribution in [0.4, 0.5) is 10.2 Å². The standard InChI is InChI=1S/C20H22FN3O2/c1-22-18-8-4-7-16(23-18)17-13-24(11-12-26-17)19(25)20(9-10-20)14-5-2-3-6-15(14)21/h2-8,17H,9-13H2,1H3,(H,22,23). The number of pyridine rings is 1. The third-order valence-corrected chi connectivity index (χ3v) is 5.26. The van der Waals surface area contributed by atoms with Crippen molar-refractivity contribution in [2.75, 3.05) is 32.1 Å². The number of amides is 1. The first-order valence-corrected chi connectivity index (χ1v) is 8.95. The maximum Gasteiger partial charge on any atom is 0.233 e. The number of benzene rings is 1. The minimum Gasteiger partial charge on any atom is -0.373 e. The molecule has 6 heteroatoms. The van der Waals surface area contributed by atoms with E-state index in [2.05, 4.69) is 10.3 Å². The van der Waals surface area contributed by atoms with Crippen molar-refractivity contribution in [1.82, 2.24) is 9.88 Å². The lowest BCUT2D eigenvalue weighted by atomic mass is 9.93. The number of hydrogen-bond donors (Lipinski definition) is 1. The molecule has 1 aromatic carbocycles. The first kappa shape index (κ1) is 17.0. The van der Waals surface area contributed by atoms with Crippen LogP contribution in [0.2, 0.25) is 0 Å². The highest BCUT2D eigenvalue weighted by Crippen LogP contribution is 2.50. The fourth-order valence-electron chi connectivity index (χ4n) is 3.66. The van der Waals surface area contributed by atoms with Crippen LogP contribution in [0.3, 0.4) is 0 Å². The number of hydrogen-bond acceptors (Lipinski definition) is 4. The fraction of sp³-hybridized carbons (Fsp3) is 0.400. The molecule has 1 aliphatic carbocycles. The maximum atomic E-state index is 14.3. The van der Waals surface area contributed by atoms with Gasteiger partial charge in [-0.25, -0.2) is 9.37 Å². The molecule has 0 bridgehead atoms. The molecule has 0 radical (unpaired) electrons. The molecule has 1 saturated carbocycles. The second kappa shape index (κ2) is 6.68. The molecule has 4 rings (SSSR count). The summed E-state index contributed by atoms with van der Waals surface area (Å²) < 4.78 is 20.1. The molecule has 2 aliphatic rings. The van der Waals surface area contributed by atoms with Crippen molar-refractivity contribution in [3.8, 4) is 0 Å². The second-order valence-electron chi connectivity index (χ2n) is 6.87. The van der Waals surface area contributed by atoms with Crippen molar-refractivity contribution in [3.05, 3.63) is 59.5 Å². The van der Waals surface area contributed by atoms with E-state index in [0.29, 0.717) is 38.1 Å². The lowest BCUT2D eigenvalue weighted by molar-refractivity contribution is -0.142. The highest BCUT2D eigenvalue weighted by Gasteiger charge is 2.54. The maximum absolute atomic E-state index is 14.3. The Hall–Kier alpha value is -2.47. The van der Waals surface area contributed by atoms with Gasteiger partial charge in [0.05, 0.1) is 24.3 Å². The Morgan fingerprint density at radius 3 is 2.81 bits per heavy atom. The van der Waals surface area contributed by atoms with Gasteiger partial charge in [0.2, 0.25) is 5.91 Å². The third-order valence-electron chi connectivity index (χ3n) is 5.26. The Morgan fingerprint density at radius 1 is 1.27 bits per heavy atom. The molecular weight excluding hydrogens is 333 g/mol. The molecular formula is C20H22FN3O2. The molecule has 1 amide bonds. The molecule has 1 aliphatic heterocycles. The number of aromatic nitrogens is 1. The molecule has 136 valence electrons. The lowest BCUT2D eigenvalue weighted by Gasteiger charge is -2.35. The zero-order valence-electron chi connectivity index (χ0n) is 14.7. The molecule has 1 aromatic heterocycles. The molecule has 0 spiro atoms. The highest BCUT2D eigenvalue weighted by atomic mass is 19.1. The summed E-state index contributed by atoms with van der Waals surface area (Å²) in [6.07, 6.45) is 1.13. The van der Waals surface area contributed by atoms with E-state index >= 15 is 0 Å². The number of halogens is 1. The fourth-order valence-corrected chi connectivity index (χ4v) is 3.66.